The van der Waals surface area contributed by atoms with Gasteiger partial charge in [0.15, 0.2) is 0 Å². The van der Waals surface area contributed by atoms with Crippen LogP contribution in [0, 0.1) is 5.92 Å². The largest absolute Gasteiger partial charge is 0.370 e. The molecular weight excluding hydrogens is 333 g/mol. The van der Waals surface area contributed by atoms with Crippen LogP contribution < -0.4 is 15.5 Å². The van der Waals surface area contributed by atoms with Crippen LogP contribution in [0.5, 0.6) is 0 Å². The molecule has 2 N–H and O–H groups in total. The number of carbonyl (C=O) groups excluding carboxylic acids is 1. The molecule has 2 fully saturated rings. The third-order valence-electron chi connectivity index (χ3n) is 4.54. The van der Waals surface area contributed by atoms with Crippen molar-refractivity contribution in [3.63, 3.8) is 0 Å². The standard InChI is InChI=1S/C17H25N3O.2ClH/c21-17(14-9-10-18-13-14)19-15-7-3-4-8-16(15)20-11-5-1-2-6-12-20;;/h3-4,7-8,14,18H,1-2,5-6,9-13H2,(H,19,21);2*1H. The fourth-order valence-electron chi connectivity index (χ4n) is 3.28. The van der Waals surface area contributed by atoms with Crippen LogP contribution in [0.15, 0.2) is 24.3 Å². The molecule has 0 aliphatic carbocycles. The summed E-state index contributed by atoms with van der Waals surface area (Å²) in [5.74, 6) is 0.268. The number of hydrogen-bond donors (Lipinski definition) is 2. The molecule has 0 aromatic heterocycles. The van der Waals surface area contributed by atoms with Gasteiger partial charge < -0.3 is 15.5 Å². The molecule has 1 unspecified atom stereocenters. The number of amides is 1. The Bertz CT molecular complexity index is 484. The number of rotatable bonds is 3. The number of halogens is 2. The van der Waals surface area contributed by atoms with Gasteiger partial charge >= 0.3 is 0 Å². The van der Waals surface area contributed by atoms with E-state index in [1.807, 2.05) is 12.1 Å². The molecule has 2 heterocycles. The van der Waals surface area contributed by atoms with Crippen LogP contribution in [0.3, 0.4) is 0 Å². The van der Waals surface area contributed by atoms with E-state index in [1.165, 1.54) is 31.4 Å². The molecule has 1 aromatic rings. The minimum atomic E-state index is 0. The zero-order valence-electron chi connectivity index (χ0n) is 13.4. The first-order valence-electron chi connectivity index (χ1n) is 8.20. The number of carbonyl (C=O) groups is 1. The summed E-state index contributed by atoms with van der Waals surface area (Å²) in [6, 6.07) is 8.23. The van der Waals surface area contributed by atoms with Gasteiger partial charge in [0.25, 0.3) is 0 Å². The van der Waals surface area contributed by atoms with Crippen molar-refractivity contribution >= 4 is 42.1 Å². The maximum absolute atomic E-state index is 12.3. The topological polar surface area (TPSA) is 44.4 Å². The molecule has 2 saturated heterocycles. The lowest BCUT2D eigenvalue weighted by Gasteiger charge is -2.25. The van der Waals surface area contributed by atoms with Gasteiger partial charge in [-0.15, -0.1) is 24.8 Å². The lowest BCUT2D eigenvalue weighted by atomic mass is 10.1. The number of anilines is 2. The van der Waals surface area contributed by atoms with Crippen molar-refractivity contribution in [2.75, 3.05) is 36.4 Å². The van der Waals surface area contributed by atoms with E-state index in [2.05, 4.69) is 27.7 Å². The number of nitrogens with one attached hydrogen (secondary N) is 2. The Balaban J connectivity index is 0.00000132. The average molecular weight is 360 g/mol. The molecule has 0 bridgehead atoms. The Morgan fingerprint density at radius 1 is 1.09 bits per heavy atom. The Hall–Kier alpha value is -0.970. The van der Waals surface area contributed by atoms with E-state index >= 15 is 0 Å². The summed E-state index contributed by atoms with van der Waals surface area (Å²) in [7, 11) is 0. The van der Waals surface area contributed by atoms with E-state index < -0.39 is 0 Å². The quantitative estimate of drug-likeness (QED) is 0.868. The molecule has 6 heteroatoms. The van der Waals surface area contributed by atoms with Crippen molar-refractivity contribution in [3.8, 4) is 0 Å². The molecule has 1 aromatic carbocycles. The van der Waals surface area contributed by atoms with Crippen molar-refractivity contribution in [3.05, 3.63) is 24.3 Å². The third kappa shape index (κ3) is 5.27. The molecule has 130 valence electrons. The molecule has 3 rings (SSSR count). The Morgan fingerprint density at radius 3 is 2.43 bits per heavy atom. The first kappa shape index (κ1) is 20.1. The van der Waals surface area contributed by atoms with Gasteiger partial charge in [-0.2, -0.15) is 0 Å². The molecule has 4 nitrogen and oxygen atoms in total. The van der Waals surface area contributed by atoms with Crippen LogP contribution in [0.25, 0.3) is 0 Å². The fraction of sp³-hybridized carbons (Fsp3) is 0.588. The minimum Gasteiger partial charge on any atom is -0.370 e. The highest BCUT2D eigenvalue weighted by Gasteiger charge is 2.23. The highest BCUT2D eigenvalue weighted by atomic mass is 35.5. The van der Waals surface area contributed by atoms with Gasteiger partial charge in [-0.3, -0.25) is 4.79 Å². The molecule has 1 atom stereocenters. The Labute approximate surface area is 151 Å². The van der Waals surface area contributed by atoms with Gasteiger partial charge in [-0.1, -0.05) is 25.0 Å². The van der Waals surface area contributed by atoms with Crippen molar-refractivity contribution in [2.45, 2.75) is 32.1 Å². The van der Waals surface area contributed by atoms with E-state index in [9.17, 15) is 4.79 Å². The second-order valence-corrected chi connectivity index (χ2v) is 6.10. The van der Waals surface area contributed by atoms with E-state index in [0.29, 0.717) is 0 Å². The fourth-order valence-corrected chi connectivity index (χ4v) is 3.28. The monoisotopic (exact) mass is 359 g/mol. The Kier molecular flexibility index (Phi) is 8.74. The molecule has 0 spiro atoms. The van der Waals surface area contributed by atoms with E-state index in [-0.39, 0.29) is 36.6 Å². The maximum atomic E-state index is 12.3. The van der Waals surface area contributed by atoms with Crippen molar-refractivity contribution in [2.24, 2.45) is 5.92 Å². The van der Waals surface area contributed by atoms with Crippen LogP contribution in [-0.2, 0) is 4.79 Å². The first-order valence-corrected chi connectivity index (χ1v) is 8.20. The van der Waals surface area contributed by atoms with Gasteiger partial charge in [-0.05, 0) is 37.9 Å². The van der Waals surface area contributed by atoms with Crippen LogP contribution in [0.2, 0.25) is 0 Å². The lowest BCUT2D eigenvalue weighted by molar-refractivity contribution is -0.119. The zero-order chi connectivity index (χ0) is 14.5. The van der Waals surface area contributed by atoms with Gasteiger partial charge in [0.2, 0.25) is 5.91 Å². The van der Waals surface area contributed by atoms with E-state index in [0.717, 1.165) is 38.3 Å². The second kappa shape index (κ2) is 10.0. The molecule has 2 aliphatic heterocycles. The van der Waals surface area contributed by atoms with Gasteiger partial charge in [0.05, 0.1) is 17.3 Å². The molecule has 23 heavy (non-hydrogen) atoms. The van der Waals surface area contributed by atoms with Crippen molar-refractivity contribution in [1.82, 2.24) is 5.32 Å². The first-order chi connectivity index (χ1) is 10.3. The van der Waals surface area contributed by atoms with Crippen molar-refractivity contribution in [1.29, 1.82) is 0 Å². The SMILES string of the molecule is Cl.Cl.O=C(Nc1ccccc1N1CCCCCC1)C1CCNC1. The minimum absolute atomic E-state index is 0. The smallest absolute Gasteiger partial charge is 0.228 e. The number of hydrogen-bond acceptors (Lipinski definition) is 3. The van der Waals surface area contributed by atoms with Crippen molar-refractivity contribution < 1.29 is 4.79 Å². The summed E-state index contributed by atoms with van der Waals surface area (Å²) < 4.78 is 0. The lowest BCUT2D eigenvalue weighted by Crippen LogP contribution is -2.28. The van der Waals surface area contributed by atoms with E-state index in [1.54, 1.807) is 0 Å². The molecule has 0 saturated carbocycles. The van der Waals surface area contributed by atoms with Crippen LogP contribution >= 0.6 is 24.8 Å². The third-order valence-corrected chi connectivity index (χ3v) is 4.54. The van der Waals surface area contributed by atoms with Crippen LogP contribution in [0.1, 0.15) is 32.1 Å². The summed E-state index contributed by atoms with van der Waals surface area (Å²) in [5, 5.41) is 6.40. The molecule has 2 aliphatic rings. The molecule has 0 radical (unpaired) electrons. The van der Waals surface area contributed by atoms with Gasteiger partial charge in [-0.25, -0.2) is 0 Å². The highest BCUT2D eigenvalue weighted by molar-refractivity contribution is 5.96. The maximum Gasteiger partial charge on any atom is 0.228 e. The van der Waals surface area contributed by atoms with Crippen LogP contribution in [-0.4, -0.2) is 32.1 Å². The second-order valence-electron chi connectivity index (χ2n) is 6.10. The highest BCUT2D eigenvalue weighted by Crippen LogP contribution is 2.28. The normalized spacial score (nSPS) is 20.9. The van der Waals surface area contributed by atoms with E-state index in [4.69, 9.17) is 0 Å². The summed E-state index contributed by atoms with van der Waals surface area (Å²) >= 11 is 0. The summed E-state index contributed by atoms with van der Waals surface area (Å²) in [4.78, 5) is 14.8. The average Bonchev–Trinajstić information content (AvgIpc) is 2.91. The summed E-state index contributed by atoms with van der Waals surface area (Å²) in [6.45, 7) is 3.94. The molecule has 1 amide bonds. The number of para-hydroxylation sites is 2. The summed E-state index contributed by atoms with van der Waals surface area (Å²) in [6.07, 6.45) is 6.07. The zero-order valence-corrected chi connectivity index (χ0v) is 15.1. The van der Waals surface area contributed by atoms with Gasteiger partial charge in [0, 0.05) is 19.6 Å². The predicted octanol–water partition coefficient (Wildman–Crippen LogP) is 3.46. The summed E-state index contributed by atoms with van der Waals surface area (Å²) in [5.41, 5.74) is 2.15. The predicted molar refractivity (Wildman–Crippen MR) is 101 cm³/mol. The van der Waals surface area contributed by atoms with Crippen LogP contribution in [0.4, 0.5) is 11.4 Å². The number of nitrogens with zero attached hydrogens (tertiary/aromatic N) is 1. The Morgan fingerprint density at radius 2 is 1.78 bits per heavy atom. The van der Waals surface area contributed by atoms with Gasteiger partial charge in [0.1, 0.15) is 0 Å². The number of benzene rings is 1. The molecular formula is C17H27Cl2N3O.